The number of rotatable bonds is 4. The Labute approximate surface area is 183 Å². The average molecular weight is 436 g/mol. The van der Waals surface area contributed by atoms with E-state index in [9.17, 15) is 13.2 Å². The van der Waals surface area contributed by atoms with E-state index in [0.29, 0.717) is 22.7 Å². The van der Waals surface area contributed by atoms with Gasteiger partial charge in [0, 0.05) is 5.69 Å². The van der Waals surface area contributed by atoms with Crippen LogP contribution in [0.25, 0.3) is 0 Å². The standard InChI is InChI=1S/C24H19F3N4O/c1-16-5-9-20(10-6-16)32-21-11-7-19(8-12-21)31-22(14-29-23(31)30-15-28)17-3-2-4-18(13-17)24(25,26)27/h2-13,22H,14H2,1H3,(H,29,30)/t22-/m1/s1. The van der Waals surface area contributed by atoms with Gasteiger partial charge in [-0.1, -0.05) is 29.8 Å². The minimum atomic E-state index is -4.44. The van der Waals surface area contributed by atoms with Crippen LogP contribution in [0.4, 0.5) is 18.9 Å². The Hall–Kier alpha value is -3.99. The molecule has 5 nitrogen and oxygen atoms in total. The van der Waals surface area contributed by atoms with E-state index >= 15 is 0 Å². The zero-order valence-corrected chi connectivity index (χ0v) is 17.1. The summed E-state index contributed by atoms with van der Waals surface area (Å²) in [6.45, 7) is 2.21. The van der Waals surface area contributed by atoms with E-state index in [1.54, 1.807) is 35.2 Å². The number of halogens is 3. The first-order chi connectivity index (χ1) is 15.3. The number of aliphatic imine (C=N–C) groups is 1. The summed E-state index contributed by atoms with van der Waals surface area (Å²) in [4.78, 5) is 6.04. The lowest BCUT2D eigenvalue weighted by atomic mass is 10.0. The monoisotopic (exact) mass is 436 g/mol. The maximum Gasteiger partial charge on any atom is 0.416 e. The minimum absolute atomic E-state index is 0.215. The molecule has 1 aliphatic rings. The molecule has 0 unspecified atom stereocenters. The Morgan fingerprint density at radius 2 is 1.69 bits per heavy atom. The molecule has 0 fully saturated rings. The Bertz CT molecular complexity index is 1170. The zero-order valence-electron chi connectivity index (χ0n) is 17.1. The first-order valence-electron chi connectivity index (χ1n) is 9.86. The summed E-state index contributed by atoms with van der Waals surface area (Å²) >= 11 is 0. The molecule has 1 heterocycles. The van der Waals surface area contributed by atoms with E-state index < -0.39 is 17.8 Å². The summed E-state index contributed by atoms with van der Waals surface area (Å²) in [5.74, 6) is 1.58. The molecule has 1 aliphatic heterocycles. The summed E-state index contributed by atoms with van der Waals surface area (Å²) in [6.07, 6.45) is -2.60. The minimum Gasteiger partial charge on any atom is -0.457 e. The van der Waals surface area contributed by atoms with Crippen molar-refractivity contribution in [1.82, 2.24) is 5.32 Å². The Morgan fingerprint density at radius 3 is 2.31 bits per heavy atom. The summed E-state index contributed by atoms with van der Waals surface area (Å²) in [7, 11) is 0. The number of hydrogen-bond acceptors (Lipinski definition) is 5. The van der Waals surface area contributed by atoms with Gasteiger partial charge < -0.3 is 9.64 Å². The highest BCUT2D eigenvalue weighted by molar-refractivity contribution is 5.99. The third-order valence-corrected chi connectivity index (χ3v) is 5.09. The largest absolute Gasteiger partial charge is 0.457 e. The van der Waals surface area contributed by atoms with Gasteiger partial charge in [0.1, 0.15) is 11.5 Å². The van der Waals surface area contributed by atoms with Gasteiger partial charge in [-0.2, -0.15) is 18.4 Å². The molecule has 1 N–H and O–H groups in total. The summed E-state index contributed by atoms with van der Waals surface area (Å²) in [5, 5.41) is 11.6. The van der Waals surface area contributed by atoms with Crippen molar-refractivity contribution in [3.8, 4) is 17.7 Å². The van der Waals surface area contributed by atoms with Crippen molar-refractivity contribution in [1.29, 1.82) is 5.26 Å². The van der Waals surface area contributed by atoms with Crippen molar-refractivity contribution in [3.63, 3.8) is 0 Å². The van der Waals surface area contributed by atoms with Crippen LogP contribution in [-0.4, -0.2) is 12.5 Å². The van der Waals surface area contributed by atoms with E-state index in [-0.39, 0.29) is 12.5 Å². The maximum atomic E-state index is 13.2. The van der Waals surface area contributed by atoms with Crippen LogP contribution < -0.4 is 15.0 Å². The predicted octanol–water partition coefficient (Wildman–Crippen LogP) is 5.79. The lowest BCUT2D eigenvalue weighted by Crippen LogP contribution is -2.38. The quantitative estimate of drug-likeness (QED) is 0.415. The van der Waals surface area contributed by atoms with E-state index in [0.717, 1.165) is 17.7 Å². The first-order valence-corrected chi connectivity index (χ1v) is 9.86. The van der Waals surface area contributed by atoms with Crippen LogP contribution in [0.3, 0.4) is 0 Å². The van der Waals surface area contributed by atoms with Gasteiger partial charge in [0.25, 0.3) is 0 Å². The molecule has 0 saturated carbocycles. The van der Waals surface area contributed by atoms with Crippen LogP contribution in [0.15, 0.2) is 77.8 Å². The molecule has 3 aromatic carbocycles. The highest BCUT2D eigenvalue weighted by Gasteiger charge is 2.34. The molecule has 32 heavy (non-hydrogen) atoms. The molecule has 0 spiro atoms. The van der Waals surface area contributed by atoms with Crippen LogP contribution in [-0.2, 0) is 6.18 Å². The molecule has 162 valence electrons. The lowest BCUT2D eigenvalue weighted by Gasteiger charge is -2.28. The van der Waals surface area contributed by atoms with Crippen LogP contribution in [0, 0.1) is 18.4 Å². The molecule has 0 aliphatic carbocycles. The normalized spacial score (nSPS) is 15.8. The number of aryl methyl sites for hydroxylation is 1. The van der Waals surface area contributed by atoms with Crippen LogP contribution in [0.2, 0.25) is 0 Å². The predicted molar refractivity (Wildman–Crippen MR) is 115 cm³/mol. The summed E-state index contributed by atoms with van der Waals surface area (Å²) in [5.41, 5.74) is 1.53. The van der Waals surface area contributed by atoms with E-state index in [1.165, 1.54) is 6.07 Å². The van der Waals surface area contributed by atoms with Gasteiger partial charge >= 0.3 is 6.18 Å². The number of nitrogens with one attached hydrogen (secondary N) is 1. The fourth-order valence-electron chi connectivity index (χ4n) is 3.52. The number of benzene rings is 3. The lowest BCUT2D eigenvalue weighted by molar-refractivity contribution is -0.137. The van der Waals surface area contributed by atoms with Gasteiger partial charge in [-0.05, 0) is 61.0 Å². The van der Waals surface area contributed by atoms with E-state index in [4.69, 9.17) is 10.00 Å². The third-order valence-electron chi connectivity index (χ3n) is 5.09. The number of alkyl halides is 3. The van der Waals surface area contributed by atoms with Crippen molar-refractivity contribution < 1.29 is 17.9 Å². The Kier molecular flexibility index (Phi) is 5.73. The number of guanidine groups is 1. The first kappa shape index (κ1) is 21.2. The second kappa shape index (κ2) is 8.63. The van der Waals surface area contributed by atoms with Crippen molar-refractivity contribution in [3.05, 3.63) is 89.5 Å². The molecule has 0 saturated heterocycles. The maximum absolute atomic E-state index is 13.2. The van der Waals surface area contributed by atoms with Gasteiger partial charge in [0.2, 0.25) is 5.96 Å². The second-order valence-electron chi connectivity index (χ2n) is 7.32. The number of nitriles is 1. The van der Waals surface area contributed by atoms with Crippen LogP contribution >= 0.6 is 0 Å². The second-order valence-corrected chi connectivity index (χ2v) is 7.32. The molecular formula is C24H19F3N4O. The van der Waals surface area contributed by atoms with Crippen LogP contribution in [0.1, 0.15) is 22.7 Å². The third kappa shape index (κ3) is 4.52. The van der Waals surface area contributed by atoms with Gasteiger partial charge in [-0.15, -0.1) is 0 Å². The zero-order chi connectivity index (χ0) is 22.7. The molecule has 4 rings (SSSR count). The van der Waals surface area contributed by atoms with Crippen molar-refractivity contribution in [2.45, 2.75) is 19.1 Å². The Morgan fingerprint density at radius 1 is 1.03 bits per heavy atom. The average Bonchev–Trinajstić information content (AvgIpc) is 3.19. The fourth-order valence-corrected chi connectivity index (χ4v) is 3.52. The summed E-state index contributed by atoms with van der Waals surface area (Å²) < 4.78 is 45.5. The molecule has 0 amide bonds. The number of ether oxygens (including phenoxy) is 1. The van der Waals surface area contributed by atoms with Gasteiger partial charge in [0.15, 0.2) is 6.19 Å². The van der Waals surface area contributed by atoms with Crippen molar-refractivity contribution in [2.24, 2.45) is 4.99 Å². The molecule has 3 aromatic rings. The fraction of sp³-hybridized carbons (Fsp3) is 0.167. The molecular weight excluding hydrogens is 417 g/mol. The number of hydrogen-bond donors (Lipinski definition) is 1. The molecule has 0 bridgehead atoms. The summed E-state index contributed by atoms with van der Waals surface area (Å²) in [6, 6.07) is 19.4. The SMILES string of the molecule is Cc1ccc(Oc2ccc(N3C(NC#N)=NC[C@@H]3c3cccc(C(F)(F)F)c3)cc2)cc1. The molecule has 0 aromatic heterocycles. The number of anilines is 1. The number of nitrogens with zero attached hydrogens (tertiary/aromatic N) is 3. The highest BCUT2D eigenvalue weighted by atomic mass is 19.4. The van der Waals surface area contributed by atoms with Crippen LogP contribution in [0.5, 0.6) is 11.5 Å². The highest BCUT2D eigenvalue weighted by Crippen LogP contribution is 2.36. The van der Waals surface area contributed by atoms with Gasteiger partial charge in [-0.25, -0.2) is 4.99 Å². The van der Waals surface area contributed by atoms with E-state index in [2.05, 4.69) is 10.3 Å². The molecule has 0 radical (unpaired) electrons. The van der Waals surface area contributed by atoms with Gasteiger partial charge in [-0.3, -0.25) is 5.32 Å². The van der Waals surface area contributed by atoms with E-state index in [1.807, 2.05) is 37.4 Å². The topological polar surface area (TPSA) is 60.6 Å². The van der Waals surface area contributed by atoms with Crippen molar-refractivity contribution >= 4 is 11.6 Å². The molecule has 1 atom stereocenters. The molecule has 8 heteroatoms. The van der Waals surface area contributed by atoms with Crippen molar-refractivity contribution in [2.75, 3.05) is 11.4 Å². The Balaban J connectivity index is 1.62. The van der Waals surface area contributed by atoms with Gasteiger partial charge in [0.05, 0.1) is 18.2 Å². The smallest absolute Gasteiger partial charge is 0.416 e.